The van der Waals surface area contributed by atoms with E-state index in [0.29, 0.717) is 0 Å². The first-order valence-corrected chi connectivity index (χ1v) is 12.4. The molecule has 0 aliphatic carbocycles. The van der Waals surface area contributed by atoms with E-state index < -0.39 is 0 Å². The Balaban J connectivity index is 1.64. The van der Waals surface area contributed by atoms with Gasteiger partial charge in [0.25, 0.3) is 0 Å². The van der Waals surface area contributed by atoms with E-state index in [2.05, 4.69) is 97.1 Å². The Hall–Kier alpha value is -1.94. The largest absolute Gasteiger partial charge is 0.0622 e. The van der Waals surface area contributed by atoms with Crippen LogP contribution in [0.2, 0.25) is 0 Å². The molecule has 0 radical (unpaired) electrons. The maximum Gasteiger partial charge on any atom is 0.0348 e. The van der Waals surface area contributed by atoms with Crippen molar-refractivity contribution in [2.24, 2.45) is 0 Å². The van der Waals surface area contributed by atoms with Crippen molar-refractivity contribution in [3.8, 4) is 0 Å². The molecule has 5 rings (SSSR count). The van der Waals surface area contributed by atoms with Gasteiger partial charge in [0.15, 0.2) is 0 Å². The minimum absolute atomic E-state index is 0.124. The second-order valence-electron chi connectivity index (χ2n) is 6.08. The Bertz CT molecular complexity index is 1050. The molecule has 1 atom stereocenters. The van der Waals surface area contributed by atoms with E-state index in [9.17, 15) is 0 Å². The molecule has 0 bridgehead atoms. The highest BCUT2D eigenvalue weighted by atomic mass is 33.5. The van der Waals surface area contributed by atoms with E-state index in [1.165, 1.54) is 36.9 Å². The average molecular weight is 389 g/mol. The lowest BCUT2D eigenvalue weighted by Crippen LogP contribution is -1.96. The van der Waals surface area contributed by atoms with E-state index in [1.807, 2.05) is 21.6 Å². The fraction of sp³-hybridized carbons (Fsp3) is 0. The quantitative estimate of drug-likeness (QED) is 0.339. The number of hydrogen-bond donors (Lipinski definition) is 0. The summed E-state index contributed by atoms with van der Waals surface area (Å²) in [6.45, 7) is 0. The smallest absolute Gasteiger partial charge is 0.0348 e. The van der Waals surface area contributed by atoms with Gasteiger partial charge in [0.1, 0.15) is 0 Å². The second kappa shape index (κ2) is 6.99. The summed E-state index contributed by atoms with van der Waals surface area (Å²) in [5, 5.41) is 0. The van der Waals surface area contributed by atoms with Crippen LogP contribution in [0.5, 0.6) is 0 Å². The van der Waals surface area contributed by atoms with Crippen LogP contribution in [0.4, 0.5) is 0 Å². The van der Waals surface area contributed by atoms with Crippen LogP contribution in [-0.4, -0.2) is 4.86 Å². The summed E-state index contributed by atoms with van der Waals surface area (Å²) in [6, 6.07) is 32.4. The fourth-order valence-corrected chi connectivity index (χ4v) is 10.3. The lowest BCUT2D eigenvalue weighted by atomic mass is 9.98. The van der Waals surface area contributed by atoms with Crippen molar-refractivity contribution in [2.45, 2.75) is 0 Å². The summed E-state index contributed by atoms with van der Waals surface area (Å²) in [5.41, 5.74) is 5.36. The van der Waals surface area contributed by atoms with Crippen LogP contribution >= 0.6 is 30.1 Å². The van der Waals surface area contributed by atoms with Gasteiger partial charge in [-0.15, -0.1) is 0 Å². The van der Waals surface area contributed by atoms with Crippen LogP contribution in [0.3, 0.4) is 0 Å². The van der Waals surface area contributed by atoms with Crippen LogP contribution < -0.4 is 0 Å². The summed E-state index contributed by atoms with van der Waals surface area (Å²) in [4.78, 5) is 4.27. The van der Waals surface area contributed by atoms with Gasteiger partial charge in [-0.2, -0.15) is 0 Å². The predicted octanol–water partition coefficient (Wildman–Crippen LogP) is 7.36. The summed E-state index contributed by atoms with van der Waals surface area (Å²) < 4.78 is 0. The molecule has 2 aliphatic rings. The van der Waals surface area contributed by atoms with Crippen molar-refractivity contribution in [3.05, 3.63) is 114 Å². The van der Waals surface area contributed by atoms with Crippen molar-refractivity contribution in [3.63, 3.8) is 0 Å². The summed E-state index contributed by atoms with van der Waals surface area (Å²) >= 11 is 0. The minimum atomic E-state index is 0.124. The van der Waals surface area contributed by atoms with Crippen molar-refractivity contribution in [2.75, 3.05) is 0 Å². The van der Waals surface area contributed by atoms with Crippen molar-refractivity contribution < 1.29 is 0 Å². The minimum Gasteiger partial charge on any atom is -0.0622 e. The number of hydrogen-bond acceptors (Lipinski definition) is 2. The van der Waals surface area contributed by atoms with Gasteiger partial charge in [-0.3, -0.25) is 0 Å². The third-order valence-corrected chi connectivity index (χ3v) is 10.8. The third kappa shape index (κ3) is 2.90. The third-order valence-electron chi connectivity index (χ3n) is 4.40. The van der Waals surface area contributed by atoms with Gasteiger partial charge in [0, 0.05) is 20.2 Å². The van der Waals surface area contributed by atoms with E-state index >= 15 is 0 Å². The molecule has 2 aliphatic heterocycles. The zero-order valence-corrected chi connectivity index (χ0v) is 16.4. The molecule has 0 saturated carbocycles. The molecule has 0 saturated heterocycles. The molecule has 2 heterocycles. The zero-order valence-electron chi connectivity index (χ0n) is 14.0. The molecule has 126 valence electrons. The van der Waals surface area contributed by atoms with Gasteiger partial charge in [-0.05, 0) is 22.8 Å². The van der Waals surface area contributed by atoms with E-state index in [4.69, 9.17) is 0 Å². The molecule has 3 heteroatoms. The van der Waals surface area contributed by atoms with Crippen LogP contribution in [0, 0.1) is 0 Å². The lowest BCUT2D eigenvalue weighted by molar-refractivity contribution is 1.62. The molecule has 0 N–H and O–H groups in total. The highest BCUT2D eigenvalue weighted by Crippen LogP contribution is 2.66. The molecule has 0 amide bonds. The van der Waals surface area contributed by atoms with Crippen molar-refractivity contribution in [1.82, 2.24) is 0 Å². The monoisotopic (exact) mass is 388 g/mol. The SMILES string of the molecule is C1=C(c2ccccc2)SS2=C1C(c1ccccc1)=C(c1ccccc1)S2. The zero-order chi connectivity index (χ0) is 17.3. The van der Waals surface area contributed by atoms with E-state index in [-0.39, 0.29) is 8.55 Å². The van der Waals surface area contributed by atoms with Crippen molar-refractivity contribution >= 4 is 50.4 Å². The summed E-state index contributed by atoms with van der Waals surface area (Å²) in [6.07, 6.45) is 2.41. The van der Waals surface area contributed by atoms with E-state index in [0.717, 1.165) is 0 Å². The van der Waals surface area contributed by atoms with Crippen LogP contribution in [0.1, 0.15) is 16.7 Å². The normalized spacial score (nSPS) is 18.8. The number of allylic oxidation sites excluding steroid dienone is 2. The van der Waals surface area contributed by atoms with Gasteiger partial charge < -0.3 is 0 Å². The highest BCUT2D eigenvalue weighted by molar-refractivity contribution is 9.19. The van der Waals surface area contributed by atoms with E-state index in [1.54, 1.807) is 0 Å². The molecule has 3 aromatic carbocycles. The van der Waals surface area contributed by atoms with Crippen LogP contribution in [0.15, 0.2) is 97.1 Å². The maximum atomic E-state index is 2.41. The number of rotatable bonds is 3. The second-order valence-corrected chi connectivity index (χ2v) is 11.8. The average Bonchev–Trinajstić information content (AvgIpc) is 3.28. The molecule has 0 nitrogen and oxygen atoms in total. The van der Waals surface area contributed by atoms with Gasteiger partial charge >= 0.3 is 0 Å². The molecular weight excluding hydrogens is 372 g/mol. The Morgan fingerprint density at radius 2 is 1.08 bits per heavy atom. The molecule has 0 aromatic heterocycles. The van der Waals surface area contributed by atoms with Gasteiger partial charge in [-0.25, -0.2) is 0 Å². The molecule has 0 spiro atoms. The Morgan fingerprint density at radius 1 is 0.538 bits per heavy atom. The fourth-order valence-electron chi connectivity index (χ4n) is 3.16. The van der Waals surface area contributed by atoms with Gasteiger partial charge in [0.2, 0.25) is 0 Å². The number of benzene rings is 3. The molecule has 0 fully saturated rings. The first-order chi connectivity index (χ1) is 12.9. The summed E-state index contributed by atoms with van der Waals surface area (Å²) in [5.74, 6) is 0. The molecule has 26 heavy (non-hydrogen) atoms. The highest BCUT2D eigenvalue weighted by Gasteiger charge is 2.31. The molecule has 1 unspecified atom stereocenters. The standard InChI is InChI=1S/C23H16S3/c1-4-10-17(11-5-1)20-16-21-22(18-12-6-2-7-13-18)23(25-26(21)24-20)19-14-8-3-9-15-19/h1-16H. The Morgan fingerprint density at radius 3 is 1.69 bits per heavy atom. The van der Waals surface area contributed by atoms with Gasteiger partial charge in [-0.1, -0.05) is 121 Å². The lowest BCUT2D eigenvalue weighted by Gasteiger charge is -2.10. The van der Waals surface area contributed by atoms with Crippen molar-refractivity contribution in [1.29, 1.82) is 0 Å². The first kappa shape index (κ1) is 16.2. The van der Waals surface area contributed by atoms with Gasteiger partial charge in [0.05, 0.1) is 0 Å². The molecule has 3 aromatic rings. The van der Waals surface area contributed by atoms with Crippen LogP contribution in [-0.2, 0) is 0 Å². The summed E-state index contributed by atoms with van der Waals surface area (Å²) in [7, 11) is 4.15. The first-order valence-electron chi connectivity index (χ1n) is 8.51. The van der Waals surface area contributed by atoms with Crippen LogP contribution in [0.25, 0.3) is 15.4 Å². The maximum absolute atomic E-state index is 2.41. The Kier molecular flexibility index (Phi) is 4.37. The predicted molar refractivity (Wildman–Crippen MR) is 122 cm³/mol. The Labute approximate surface area is 163 Å². The molecular formula is C23H16S3. The topological polar surface area (TPSA) is 0 Å².